The SMILES string of the molecule is CC\C=C/C=C\C=C/C=C\CCCCCC(=O)OCC(COC(=O)CC/C=C\C/C=C\C/C=C\C/C=C\C/C=C\CC)OC(=O)CCCCCCCC/C=C\C/C=C\C/C=C\CC. The quantitative estimate of drug-likeness (QED) is 0.0200. The summed E-state index contributed by atoms with van der Waals surface area (Å²) in [4.78, 5) is 37.9. The second kappa shape index (κ2) is 49.9. The van der Waals surface area contributed by atoms with Crippen molar-refractivity contribution < 1.29 is 28.6 Å². The van der Waals surface area contributed by atoms with Crippen molar-refractivity contribution in [1.29, 1.82) is 0 Å². The summed E-state index contributed by atoms with van der Waals surface area (Å²) in [5.41, 5.74) is 0. The normalized spacial score (nSPS) is 13.4. The van der Waals surface area contributed by atoms with Gasteiger partial charge < -0.3 is 14.2 Å². The minimum atomic E-state index is -0.837. The summed E-state index contributed by atoms with van der Waals surface area (Å²) in [6.07, 6.45) is 71.3. The van der Waals surface area contributed by atoms with Crippen LogP contribution in [0.2, 0.25) is 0 Å². The van der Waals surface area contributed by atoms with Crippen molar-refractivity contribution in [2.45, 2.75) is 181 Å². The van der Waals surface area contributed by atoms with E-state index in [2.05, 4.69) is 118 Å². The van der Waals surface area contributed by atoms with E-state index in [0.717, 1.165) is 116 Å². The first kappa shape index (κ1) is 58.3. The van der Waals surface area contributed by atoms with Crippen LogP contribution in [-0.4, -0.2) is 37.2 Å². The van der Waals surface area contributed by atoms with Crippen LogP contribution in [-0.2, 0) is 28.6 Å². The van der Waals surface area contributed by atoms with E-state index in [-0.39, 0.29) is 50.4 Å². The Bertz CT molecular complexity index is 1460. The lowest BCUT2D eigenvalue weighted by Crippen LogP contribution is -2.30. The van der Waals surface area contributed by atoms with Crippen LogP contribution in [0.4, 0.5) is 0 Å². The molecule has 0 aliphatic rings. The Hall–Kier alpha value is -4.71. The van der Waals surface area contributed by atoms with E-state index in [4.69, 9.17) is 14.2 Å². The zero-order valence-electron chi connectivity index (χ0n) is 39.8. The lowest BCUT2D eigenvalue weighted by Gasteiger charge is -2.18. The van der Waals surface area contributed by atoms with Crippen LogP contribution in [0.3, 0.4) is 0 Å². The van der Waals surface area contributed by atoms with Gasteiger partial charge in [-0.3, -0.25) is 14.4 Å². The standard InChI is InChI=1S/C57H86O6/c1-4-7-10-13-16-19-22-25-27-29-32-35-38-41-44-47-50-56(59)62-53-54(52-61-55(58)49-46-43-40-37-34-31-24-21-18-15-12-9-6-3)63-57(60)51-48-45-42-39-36-33-30-28-26-23-20-17-14-11-8-5-2/h7-12,15-21,24-28,31-32,34-35,41,44,54H,4-6,13-14,22-23,29-30,33,36-40,42-43,45-53H2,1-3H3/b10-7-,11-8-,12-9-,18-15-,19-16-,20-17-,24-21-,27-25-,28-26-,34-31-,35-32-,44-41-. The molecule has 0 aromatic rings. The Labute approximate surface area is 385 Å². The van der Waals surface area contributed by atoms with Gasteiger partial charge in [-0.25, -0.2) is 0 Å². The third-order valence-corrected chi connectivity index (χ3v) is 9.43. The molecule has 1 unspecified atom stereocenters. The van der Waals surface area contributed by atoms with E-state index >= 15 is 0 Å². The largest absolute Gasteiger partial charge is 0.462 e. The highest BCUT2D eigenvalue weighted by Gasteiger charge is 2.19. The van der Waals surface area contributed by atoms with E-state index < -0.39 is 6.10 Å². The predicted octanol–water partition coefficient (Wildman–Crippen LogP) is 16.1. The molecular weight excluding hydrogens is 781 g/mol. The Morgan fingerprint density at radius 3 is 1.19 bits per heavy atom. The van der Waals surface area contributed by atoms with E-state index in [1.54, 1.807) is 0 Å². The first-order chi connectivity index (χ1) is 31.0. The van der Waals surface area contributed by atoms with Gasteiger partial charge in [0.25, 0.3) is 0 Å². The number of carbonyl (C=O) groups is 3. The first-order valence-electron chi connectivity index (χ1n) is 24.4. The molecule has 6 heteroatoms. The van der Waals surface area contributed by atoms with Gasteiger partial charge in [-0.05, 0) is 103 Å². The summed E-state index contributed by atoms with van der Waals surface area (Å²) >= 11 is 0. The van der Waals surface area contributed by atoms with Gasteiger partial charge in [-0.1, -0.05) is 199 Å². The number of esters is 3. The number of unbranched alkanes of at least 4 members (excludes halogenated alkanes) is 9. The minimum absolute atomic E-state index is 0.134. The fraction of sp³-hybridized carbons (Fsp3) is 0.526. The van der Waals surface area contributed by atoms with Gasteiger partial charge in [-0.15, -0.1) is 0 Å². The van der Waals surface area contributed by atoms with Crippen molar-refractivity contribution in [1.82, 2.24) is 0 Å². The number of carbonyl (C=O) groups excluding carboxylic acids is 3. The van der Waals surface area contributed by atoms with E-state index in [9.17, 15) is 14.4 Å². The van der Waals surface area contributed by atoms with Crippen LogP contribution in [0.1, 0.15) is 175 Å². The van der Waals surface area contributed by atoms with Crippen LogP contribution in [0, 0.1) is 0 Å². The molecular formula is C57H86O6. The second-order valence-electron chi connectivity index (χ2n) is 15.3. The highest BCUT2D eigenvalue weighted by molar-refractivity contribution is 5.71. The monoisotopic (exact) mass is 867 g/mol. The molecule has 0 aliphatic carbocycles. The van der Waals surface area contributed by atoms with Crippen molar-refractivity contribution in [2.24, 2.45) is 0 Å². The Morgan fingerprint density at radius 2 is 0.683 bits per heavy atom. The third-order valence-electron chi connectivity index (χ3n) is 9.43. The molecule has 0 aliphatic heterocycles. The molecule has 0 N–H and O–H groups in total. The highest BCUT2D eigenvalue weighted by Crippen LogP contribution is 2.12. The fourth-order valence-electron chi connectivity index (χ4n) is 5.87. The Balaban J connectivity index is 4.61. The average Bonchev–Trinajstić information content (AvgIpc) is 3.28. The number of hydrogen-bond donors (Lipinski definition) is 0. The van der Waals surface area contributed by atoms with Gasteiger partial charge in [-0.2, -0.15) is 0 Å². The summed E-state index contributed by atoms with van der Waals surface area (Å²) in [5, 5.41) is 0. The molecule has 6 nitrogen and oxygen atoms in total. The molecule has 0 spiro atoms. The van der Waals surface area contributed by atoms with Crippen LogP contribution < -0.4 is 0 Å². The molecule has 0 saturated heterocycles. The summed E-state index contributed by atoms with van der Waals surface area (Å²) < 4.78 is 16.6. The van der Waals surface area contributed by atoms with Crippen molar-refractivity contribution in [2.75, 3.05) is 13.2 Å². The van der Waals surface area contributed by atoms with Gasteiger partial charge >= 0.3 is 17.9 Å². The molecule has 0 aromatic carbocycles. The lowest BCUT2D eigenvalue weighted by molar-refractivity contribution is -0.166. The predicted molar refractivity (Wildman–Crippen MR) is 269 cm³/mol. The summed E-state index contributed by atoms with van der Waals surface area (Å²) in [6.45, 7) is 6.12. The molecule has 0 aromatic heterocycles. The molecule has 350 valence electrons. The number of allylic oxidation sites excluding steroid dienone is 24. The van der Waals surface area contributed by atoms with Crippen LogP contribution >= 0.6 is 0 Å². The summed E-state index contributed by atoms with van der Waals surface area (Å²) in [6, 6.07) is 0. The number of ether oxygens (including phenoxy) is 3. The van der Waals surface area contributed by atoms with Crippen molar-refractivity contribution in [3.05, 3.63) is 146 Å². The van der Waals surface area contributed by atoms with E-state index in [1.807, 2.05) is 48.6 Å². The summed E-state index contributed by atoms with van der Waals surface area (Å²) in [7, 11) is 0. The minimum Gasteiger partial charge on any atom is -0.462 e. The maximum Gasteiger partial charge on any atom is 0.306 e. The number of hydrogen-bond acceptors (Lipinski definition) is 6. The van der Waals surface area contributed by atoms with Crippen molar-refractivity contribution in [3.8, 4) is 0 Å². The Morgan fingerprint density at radius 1 is 0.333 bits per heavy atom. The van der Waals surface area contributed by atoms with Crippen LogP contribution in [0.15, 0.2) is 146 Å². The fourth-order valence-corrected chi connectivity index (χ4v) is 5.87. The highest BCUT2D eigenvalue weighted by atomic mass is 16.6. The van der Waals surface area contributed by atoms with Crippen LogP contribution in [0.25, 0.3) is 0 Å². The van der Waals surface area contributed by atoms with Gasteiger partial charge in [0.15, 0.2) is 6.10 Å². The topological polar surface area (TPSA) is 78.9 Å². The maximum absolute atomic E-state index is 12.8. The smallest absolute Gasteiger partial charge is 0.306 e. The molecule has 0 saturated carbocycles. The van der Waals surface area contributed by atoms with Gasteiger partial charge in [0.1, 0.15) is 13.2 Å². The van der Waals surface area contributed by atoms with Gasteiger partial charge in [0.2, 0.25) is 0 Å². The molecule has 1 atom stereocenters. The molecule has 0 amide bonds. The van der Waals surface area contributed by atoms with Crippen molar-refractivity contribution in [3.63, 3.8) is 0 Å². The van der Waals surface area contributed by atoms with Gasteiger partial charge in [0.05, 0.1) is 0 Å². The molecule has 0 radical (unpaired) electrons. The average molecular weight is 867 g/mol. The van der Waals surface area contributed by atoms with E-state index in [0.29, 0.717) is 6.42 Å². The second-order valence-corrected chi connectivity index (χ2v) is 15.3. The summed E-state index contributed by atoms with van der Waals surface area (Å²) in [5.74, 6) is -1.08. The first-order valence-corrected chi connectivity index (χ1v) is 24.4. The Kier molecular flexibility index (Phi) is 46.2. The molecule has 0 bridgehead atoms. The lowest BCUT2D eigenvalue weighted by atomic mass is 10.1. The number of rotatable bonds is 41. The molecule has 0 rings (SSSR count). The zero-order chi connectivity index (χ0) is 45.8. The van der Waals surface area contributed by atoms with E-state index in [1.165, 1.54) is 12.8 Å². The van der Waals surface area contributed by atoms with Crippen LogP contribution in [0.5, 0.6) is 0 Å². The molecule has 63 heavy (non-hydrogen) atoms. The van der Waals surface area contributed by atoms with Gasteiger partial charge in [0, 0.05) is 19.3 Å². The molecule has 0 heterocycles. The van der Waals surface area contributed by atoms with Crippen molar-refractivity contribution >= 4 is 17.9 Å². The zero-order valence-corrected chi connectivity index (χ0v) is 39.8. The molecule has 0 fully saturated rings. The maximum atomic E-state index is 12.8. The third kappa shape index (κ3) is 48.2.